The molecular weight excluding hydrogens is 2030 g/mol. The lowest BCUT2D eigenvalue weighted by Crippen LogP contribution is -2.46. The molecule has 1 unspecified atom stereocenters. The van der Waals surface area contributed by atoms with Gasteiger partial charge in [-0.15, -0.1) is 0 Å². The number of piperidine rings is 2. The number of fused-ring (bicyclic) bond motifs is 6. The van der Waals surface area contributed by atoms with Crippen LogP contribution in [-0.2, 0) is 32.7 Å². The van der Waals surface area contributed by atoms with Crippen molar-refractivity contribution in [3.63, 3.8) is 0 Å². The predicted molar refractivity (Wildman–Crippen MR) is 539 cm³/mol. The van der Waals surface area contributed by atoms with Crippen LogP contribution in [0.3, 0.4) is 0 Å². The summed E-state index contributed by atoms with van der Waals surface area (Å²) in [6.45, 7) is 14.8. The quantitative estimate of drug-likeness (QED) is 0.0227. The summed E-state index contributed by atoms with van der Waals surface area (Å²) in [5.41, 5.74) is 14.6. The Morgan fingerprint density at radius 1 is 0.440 bits per heavy atom. The van der Waals surface area contributed by atoms with Gasteiger partial charge in [-0.2, -0.15) is 48.1 Å². The number of aliphatic hydroxyl groups excluding tert-OH is 3. The first-order valence-electron chi connectivity index (χ1n) is 45.6. The molecule has 40 heteroatoms. The fraction of sp³-hybridized carbons (Fsp3) is 0.415. The van der Waals surface area contributed by atoms with E-state index in [1.54, 1.807) is 75.5 Å². The summed E-state index contributed by atoms with van der Waals surface area (Å²) in [5, 5.41) is 86.4. The first-order valence-corrected chi connectivity index (χ1v) is 49.5. The maximum atomic E-state index is 10.6. The monoisotopic (exact) mass is 2130 g/mol. The van der Waals surface area contributed by atoms with Gasteiger partial charge in [0.05, 0.1) is 89.8 Å². The van der Waals surface area contributed by atoms with E-state index in [1.165, 1.54) is 6.42 Å². The molecule has 5 atom stereocenters. The minimum absolute atomic E-state index is 0.0420. The van der Waals surface area contributed by atoms with Gasteiger partial charge in [0.2, 0.25) is 0 Å². The van der Waals surface area contributed by atoms with Gasteiger partial charge in [0.15, 0.2) is 28.2 Å². The molecule has 0 bridgehead atoms. The molecule has 134 heavy (non-hydrogen) atoms. The summed E-state index contributed by atoms with van der Waals surface area (Å²) in [7, 11) is 0. The zero-order chi connectivity index (χ0) is 93.0. The van der Waals surface area contributed by atoms with Gasteiger partial charge in [0.1, 0.15) is 58.2 Å². The van der Waals surface area contributed by atoms with Crippen LogP contribution in [0.5, 0.6) is 0 Å². The molecule has 0 aromatic carbocycles. The molecule has 35 nitrogen and oxygen atoms in total. The largest absolute Gasteiger partial charge is 0.396 e. The number of nitrogens with one attached hydrogen (secondary N) is 7. The van der Waals surface area contributed by atoms with Gasteiger partial charge >= 0.3 is 0 Å². The topological polar surface area (TPSA) is 416 Å². The Morgan fingerprint density at radius 3 is 1.21 bits per heavy atom. The SMILES string of the molecule is CC(C)(O)[C@@H]1CCCN1c1cc(NCc2cccnc2)n2ncc(Br)c2n1.CC1(C)[C@@H]2[C@@H](CO)N(c3cc(NCc4cccnc4)n4ncc(Br)c4n3)C[C@@H]21.NC1CCC(Nc2cc(NCc3cccnc3)n3ncc(Br)c3n2)CC1.OCC1(Nc2cc(NCc3cccnc3)n3ncc(Br)c3n2)CCCC1.OCCC1CCCCN1c1cc(NCc2cccnc2)n2ncc(Br)c2n1. The molecular formula is C94H112Br5N31O4. The van der Waals surface area contributed by atoms with Crippen molar-refractivity contribution < 1.29 is 20.4 Å². The average Bonchev–Trinajstić information content (AvgIpc) is 1.52. The van der Waals surface area contributed by atoms with E-state index < -0.39 is 5.60 Å². The number of rotatable bonds is 27. The summed E-state index contributed by atoms with van der Waals surface area (Å²) in [4.78, 5) is 51.5. The molecule has 21 rings (SSSR count). The number of hydrogen-bond donors (Lipinski definition) is 12. The summed E-state index contributed by atoms with van der Waals surface area (Å²) >= 11 is 17.7. The number of aromatic nitrogens is 20. The van der Waals surface area contributed by atoms with Crippen LogP contribution in [0.2, 0.25) is 0 Å². The highest BCUT2D eigenvalue weighted by Gasteiger charge is 2.66. The molecule has 0 amide bonds. The number of pyridine rings is 5. The third-order valence-electron chi connectivity index (χ3n) is 26.0. The van der Waals surface area contributed by atoms with E-state index in [4.69, 9.17) is 25.7 Å². The van der Waals surface area contributed by atoms with Crippen molar-refractivity contribution in [1.29, 1.82) is 0 Å². The summed E-state index contributed by atoms with van der Waals surface area (Å²) < 4.78 is 13.2. The van der Waals surface area contributed by atoms with E-state index in [9.17, 15) is 20.4 Å². The predicted octanol–water partition coefficient (Wildman–Crippen LogP) is 15.8. The van der Waals surface area contributed by atoms with Crippen LogP contribution in [0.15, 0.2) is 206 Å². The molecule has 15 aromatic rings. The molecule has 6 aliphatic rings. The van der Waals surface area contributed by atoms with Crippen molar-refractivity contribution in [2.75, 3.05) is 91.4 Å². The van der Waals surface area contributed by atoms with E-state index in [0.29, 0.717) is 68.1 Å². The maximum Gasteiger partial charge on any atom is 0.173 e. The van der Waals surface area contributed by atoms with Gasteiger partial charge in [0.25, 0.3) is 0 Å². The number of nitrogens with two attached hydrogens (primary N) is 1. The van der Waals surface area contributed by atoms with Gasteiger partial charge in [0, 0.05) is 169 Å². The molecule has 3 saturated carbocycles. The molecule has 15 aromatic heterocycles. The Kier molecular flexibility index (Phi) is 30.4. The standard InChI is InChI=1S/C20H23BrN6O.2C19H23BrN6O.C18H22BrN7.C18H21BrN6O/c1-20(2)13-10-26(15(11-28)18(13)20)17-6-16(23-8-12-4-3-5-22-7-12)27-19(25-17)14(21)9-24-27;1-19(2,27)15-6-4-8-25(15)17-9-16(22-11-13-5-3-7-21-10-13)26-18(24-17)14(20)12-23-26;20-16-13-23-26-17(22-12-14-4-3-7-21-11-14)10-18(24-19(16)26)25-8-2-1-5-15(25)6-9-27;19-15-11-23-26-17(22-10-12-2-1-7-21-9-12)8-16(25-18(15)26)24-14-5-3-13(20)4-6-14;19-14-11-22-25-16(21-10-13-4-3-7-20-9-13)8-15(23-17(14)25)24-18(12-26)5-1-2-6-18/h3-7,9,13,15,18,23,28H,8,10-11H2,1-2H3;3,5,7,9-10,12,15,22,27H,4,6,8,11H2,1-2H3;3-4,7,10-11,13,15,22,27H,1-2,5-6,8-9,12H2;1-2,7-9,11,13-14,22H,3-6,10,20H2,(H,24,25);3-4,7-9,11,21,26H,1-2,5-6,10,12H2,(H,23,24)/t13-,15+,18-;15-;;;/m00.../s1. The summed E-state index contributed by atoms with van der Waals surface area (Å²) in [6.07, 6.45) is 41.5. The lowest BCUT2D eigenvalue weighted by Gasteiger charge is -2.36. The Hall–Kier alpha value is -11.0. The van der Waals surface area contributed by atoms with E-state index in [0.717, 1.165) is 240 Å². The van der Waals surface area contributed by atoms with Crippen molar-refractivity contribution in [2.45, 2.75) is 192 Å². The number of anilines is 10. The molecule has 3 aliphatic heterocycles. The van der Waals surface area contributed by atoms with Crippen LogP contribution >= 0.6 is 79.6 Å². The Bertz CT molecular complexity index is 6400. The Labute approximate surface area is 818 Å². The molecule has 6 fully saturated rings. The molecule has 3 saturated heterocycles. The maximum absolute atomic E-state index is 10.6. The van der Waals surface area contributed by atoms with Gasteiger partial charge in [-0.05, 0) is 246 Å². The summed E-state index contributed by atoms with van der Waals surface area (Å²) in [5.74, 6) is 9.71. The van der Waals surface area contributed by atoms with Gasteiger partial charge in [-0.3, -0.25) is 24.9 Å². The number of halogens is 5. The number of nitrogens with zero attached hydrogens (tertiary/aromatic N) is 23. The van der Waals surface area contributed by atoms with Crippen molar-refractivity contribution in [1.82, 2.24) is 97.9 Å². The smallest absolute Gasteiger partial charge is 0.173 e. The molecule has 0 radical (unpaired) electrons. The fourth-order valence-corrected chi connectivity index (χ4v) is 20.6. The zero-order valence-electron chi connectivity index (χ0n) is 75.1. The van der Waals surface area contributed by atoms with Crippen LogP contribution in [0, 0.1) is 17.3 Å². The van der Waals surface area contributed by atoms with Gasteiger partial charge in [-0.25, -0.2) is 24.9 Å². The minimum Gasteiger partial charge on any atom is -0.396 e. The third kappa shape index (κ3) is 22.2. The lowest BCUT2D eigenvalue weighted by atomic mass is 9.92. The highest BCUT2D eigenvalue weighted by Crippen LogP contribution is 2.65. The second kappa shape index (κ2) is 43.0. The normalized spacial score (nSPS) is 19.4. The van der Waals surface area contributed by atoms with Crippen molar-refractivity contribution in [3.05, 3.63) is 234 Å². The molecule has 0 spiro atoms. The third-order valence-corrected chi connectivity index (χ3v) is 28.8. The van der Waals surface area contributed by atoms with E-state index >= 15 is 0 Å². The highest BCUT2D eigenvalue weighted by molar-refractivity contribution is 9.11. The second-order valence-corrected chi connectivity index (χ2v) is 40.3. The number of aliphatic hydroxyl groups is 4. The Balaban J connectivity index is 0.000000117. The highest BCUT2D eigenvalue weighted by atomic mass is 79.9. The zero-order valence-corrected chi connectivity index (χ0v) is 83.0. The average molecular weight is 2140 g/mol. The first-order chi connectivity index (χ1) is 65.1. The lowest BCUT2D eigenvalue weighted by molar-refractivity contribution is 0.0533. The van der Waals surface area contributed by atoms with Crippen molar-refractivity contribution in [3.8, 4) is 0 Å². The van der Waals surface area contributed by atoms with Crippen LogP contribution in [0.1, 0.15) is 145 Å². The van der Waals surface area contributed by atoms with Gasteiger partial charge < -0.3 is 78.1 Å². The van der Waals surface area contributed by atoms with E-state index in [2.05, 4.69) is 207 Å². The fourth-order valence-electron chi connectivity index (χ4n) is 18.9. The first kappa shape index (κ1) is 94.8. The molecule has 13 N–H and O–H groups in total. The van der Waals surface area contributed by atoms with Crippen LogP contribution in [-0.4, -0.2) is 199 Å². The van der Waals surface area contributed by atoms with Crippen LogP contribution in [0.25, 0.3) is 28.2 Å². The Morgan fingerprint density at radius 2 is 0.821 bits per heavy atom. The molecule has 702 valence electrons. The van der Waals surface area contributed by atoms with Crippen LogP contribution < -0.4 is 57.7 Å². The minimum atomic E-state index is -0.787. The van der Waals surface area contributed by atoms with Crippen molar-refractivity contribution >= 4 is 166 Å². The van der Waals surface area contributed by atoms with Gasteiger partial charge in [-0.1, -0.05) is 57.0 Å². The molecule has 3 aliphatic carbocycles. The van der Waals surface area contributed by atoms with E-state index in [1.807, 2.05) is 139 Å². The van der Waals surface area contributed by atoms with Crippen LogP contribution in [0.4, 0.5) is 58.2 Å². The summed E-state index contributed by atoms with van der Waals surface area (Å²) in [6, 6.07) is 31.1. The molecule has 18 heterocycles. The van der Waals surface area contributed by atoms with Crippen molar-refractivity contribution in [2.24, 2.45) is 23.0 Å². The van der Waals surface area contributed by atoms with E-state index in [-0.39, 0.29) is 37.4 Å². The number of hydrogen-bond acceptors (Lipinski definition) is 30. The second-order valence-electron chi connectivity index (χ2n) is 36.0.